The molecule has 1 N–H and O–H groups in total. The lowest BCUT2D eigenvalue weighted by Gasteiger charge is -2.10. The summed E-state index contributed by atoms with van der Waals surface area (Å²) >= 11 is 5.75. The highest BCUT2D eigenvalue weighted by atomic mass is 35.5. The van der Waals surface area contributed by atoms with Crippen molar-refractivity contribution >= 4 is 27.4 Å². The molecule has 0 aliphatic carbocycles. The number of ether oxygens (including phenoxy) is 1. The highest BCUT2D eigenvalue weighted by Crippen LogP contribution is 2.11. The fraction of sp³-hybridized carbons (Fsp3) is 0.462. The summed E-state index contributed by atoms with van der Waals surface area (Å²) in [6.07, 6.45) is 0.548. The lowest BCUT2D eigenvalue weighted by Crippen LogP contribution is -2.35. The number of halogens is 1. The first-order valence-corrected chi connectivity index (χ1v) is 8.48. The van der Waals surface area contributed by atoms with Gasteiger partial charge in [0.15, 0.2) is 9.84 Å². The normalized spacial score (nSPS) is 20.8. The Morgan fingerprint density at radius 2 is 2.05 bits per heavy atom. The minimum absolute atomic E-state index is 0.0216. The second-order valence-electron chi connectivity index (χ2n) is 4.77. The summed E-state index contributed by atoms with van der Waals surface area (Å²) in [6.45, 7) is 0.203. The van der Waals surface area contributed by atoms with Gasteiger partial charge in [-0.1, -0.05) is 23.7 Å². The van der Waals surface area contributed by atoms with Crippen molar-refractivity contribution in [2.45, 2.75) is 19.1 Å². The van der Waals surface area contributed by atoms with Gasteiger partial charge in [-0.25, -0.2) is 8.42 Å². The number of hydrogen-bond acceptors (Lipinski definition) is 5. The van der Waals surface area contributed by atoms with Gasteiger partial charge in [-0.3, -0.25) is 4.79 Å². The zero-order valence-electron chi connectivity index (χ0n) is 10.8. The molecule has 0 aromatic heterocycles. The average Bonchev–Trinajstić information content (AvgIpc) is 2.75. The van der Waals surface area contributed by atoms with Crippen LogP contribution in [0.5, 0.6) is 0 Å². The summed E-state index contributed by atoms with van der Waals surface area (Å²) < 4.78 is 27.6. The Balaban J connectivity index is 1.69. The lowest BCUT2D eigenvalue weighted by molar-refractivity contribution is -0.143. The number of rotatable bonds is 5. The van der Waals surface area contributed by atoms with Gasteiger partial charge in [0.05, 0.1) is 18.1 Å². The molecule has 0 amide bonds. The molecule has 1 fully saturated rings. The van der Waals surface area contributed by atoms with Crippen molar-refractivity contribution in [2.24, 2.45) is 0 Å². The maximum Gasteiger partial charge on any atom is 0.320 e. The molecule has 2 rings (SSSR count). The van der Waals surface area contributed by atoms with Crippen LogP contribution in [0.1, 0.15) is 12.0 Å². The molecule has 1 aliphatic rings. The zero-order valence-corrected chi connectivity index (χ0v) is 12.4. The van der Waals surface area contributed by atoms with Gasteiger partial charge in [0.2, 0.25) is 0 Å². The molecule has 1 aliphatic heterocycles. The third-order valence-electron chi connectivity index (χ3n) is 3.08. The number of carbonyl (C=O) groups excluding carboxylic acids is 1. The van der Waals surface area contributed by atoms with Gasteiger partial charge < -0.3 is 10.1 Å². The molecule has 5 nitrogen and oxygen atoms in total. The van der Waals surface area contributed by atoms with Crippen molar-refractivity contribution in [3.05, 3.63) is 34.9 Å². The molecular weight excluding hydrogens is 302 g/mol. The monoisotopic (exact) mass is 317 g/mol. The van der Waals surface area contributed by atoms with E-state index in [4.69, 9.17) is 16.3 Å². The summed E-state index contributed by atoms with van der Waals surface area (Å²) in [4.78, 5) is 11.5. The predicted molar refractivity (Wildman–Crippen MR) is 76.3 cm³/mol. The van der Waals surface area contributed by atoms with E-state index in [9.17, 15) is 13.2 Å². The van der Waals surface area contributed by atoms with E-state index in [0.717, 1.165) is 5.56 Å². The molecule has 110 valence electrons. The van der Waals surface area contributed by atoms with E-state index in [1.807, 2.05) is 0 Å². The molecule has 20 heavy (non-hydrogen) atoms. The Morgan fingerprint density at radius 1 is 1.35 bits per heavy atom. The Hall–Kier alpha value is -1.11. The number of esters is 1. The van der Waals surface area contributed by atoms with Crippen LogP contribution in [0.15, 0.2) is 24.3 Å². The first kappa shape index (κ1) is 15.3. The van der Waals surface area contributed by atoms with E-state index in [2.05, 4.69) is 5.32 Å². The van der Waals surface area contributed by atoms with Crippen molar-refractivity contribution in [3.8, 4) is 0 Å². The van der Waals surface area contributed by atoms with Crippen molar-refractivity contribution in [1.82, 2.24) is 5.32 Å². The van der Waals surface area contributed by atoms with Gasteiger partial charge in [0.25, 0.3) is 0 Å². The van der Waals surface area contributed by atoms with Gasteiger partial charge in [-0.2, -0.15) is 0 Å². The second-order valence-corrected chi connectivity index (χ2v) is 7.43. The fourth-order valence-electron chi connectivity index (χ4n) is 1.98. The maximum atomic E-state index is 11.5. The Morgan fingerprint density at radius 3 is 2.65 bits per heavy atom. The maximum absolute atomic E-state index is 11.5. The number of carbonyl (C=O) groups is 1. The third-order valence-corrected chi connectivity index (χ3v) is 5.10. The van der Waals surface area contributed by atoms with E-state index < -0.39 is 15.8 Å². The van der Waals surface area contributed by atoms with Crippen LogP contribution in [0.2, 0.25) is 5.02 Å². The zero-order chi connectivity index (χ0) is 14.6. The van der Waals surface area contributed by atoms with Crippen LogP contribution >= 0.6 is 11.6 Å². The molecule has 1 aromatic rings. The molecule has 0 spiro atoms. The first-order chi connectivity index (χ1) is 9.44. The van der Waals surface area contributed by atoms with Crippen LogP contribution in [0.3, 0.4) is 0 Å². The van der Waals surface area contributed by atoms with E-state index in [1.54, 1.807) is 24.3 Å². The van der Waals surface area contributed by atoms with Crippen LogP contribution in [0.25, 0.3) is 0 Å². The molecule has 1 heterocycles. The van der Waals surface area contributed by atoms with Gasteiger partial charge in [0, 0.05) is 11.1 Å². The van der Waals surface area contributed by atoms with Crippen LogP contribution in [0, 0.1) is 0 Å². The Kier molecular flexibility index (Phi) is 5.01. The van der Waals surface area contributed by atoms with Crippen LogP contribution in [-0.4, -0.2) is 38.5 Å². The minimum Gasteiger partial charge on any atom is -0.460 e. The molecule has 0 radical (unpaired) electrons. The highest BCUT2D eigenvalue weighted by molar-refractivity contribution is 7.91. The van der Waals surface area contributed by atoms with Crippen molar-refractivity contribution < 1.29 is 17.9 Å². The Bertz CT molecular complexity index is 571. The smallest absolute Gasteiger partial charge is 0.320 e. The molecule has 7 heteroatoms. The predicted octanol–water partition coefficient (Wildman–Crippen LogP) is 1.16. The number of sulfone groups is 1. The van der Waals surface area contributed by atoms with Gasteiger partial charge in [0.1, 0.15) is 6.61 Å². The molecule has 1 atom stereocenters. The summed E-state index contributed by atoms with van der Waals surface area (Å²) in [5.74, 6) is -0.119. The molecule has 1 aromatic carbocycles. The average molecular weight is 318 g/mol. The standard InChI is InChI=1S/C13H16ClNO4S/c14-11-3-1-10(2-4-11)8-19-13(16)7-15-12-5-6-20(17,18)9-12/h1-4,12,15H,5-9H2. The Labute approximate surface area is 123 Å². The molecule has 0 bridgehead atoms. The number of hydrogen-bond donors (Lipinski definition) is 1. The first-order valence-electron chi connectivity index (χ1n) is 6.28. The topological polar surface area (TPSA) is 72.5 Å². The highest BCUT2D eigenvalue weighted by Gasteiger charge is 2.27. The molecule has 1 unspecified atom stereocenters. The van der Waals surface area contributed by atoms with Crippen LogP contribution < -0.4 is 5.32 Å². The lowest BCUT2D eigenvalue weighted by atomic mass is 10.2. The minimum atomic E-state index is -2.93. The van der Waals surface area contributed by atoms with E-state index in [0.29, 0.717) is 11.4 Å². The summed E-state index contributed by atoms with van der Waals surface area (Å²) in [5, 5.41) is 3.54. The van der Waals surface area contributed by atoms with E-state index in [-0.39, 0.29) is 30.7 Å². The van der Waals surface area contributed by atoms with Crippen molar-refractivity contribution in [2.75, 3.05) is 18.1 Å². The number of nitrogens with one attached hydrogen (secondary N) is 1. The fourth-order valence-corrected chi connectivity index (χ4v) is 3.81. The summed E-state index contributed by atoms with van der Waals surface area (Å²) in [5.41, 5.74) is 0.853. The van der Waals surface area contributed by atoms with Crippen LogP contribution in [0.4, 0.5) is 0 Å². The number of benzene rings is 1. The van der Waals surface area contributed by atoms with E-state index >= 15 is 0 Å². The molecule has 0 saturated carbocycles. The quantitative estimate of drug-likeness (QED) is 0.825. The van der Waals surface area contributed by atoms with E-state index in [1.165, 1.54) is 0 Å². The van der Waals surface area contributed by atoms with Crippen LogP contribution in [-0.2, 0) is 26.0 Å². The molecular formula is C13H16ClNO4S. The third kappa shape index (κ3) is 4.77. The van der Waals surface area contributed by atoms with Gasteiger partial charge >= 0.3 is 5.97 Å². The van der Waals surface area contributed by atoms with Gasteiger partial charge in [-0.15, -0.1) is 0 Å². The van der Waals surface area contributed by atoms with Crippen molar-refractivity contribution in [1.29, 1.82) is 0 Å². The summed E-state index contributed by atoms with van der Waals surface area (Å²) in [6, 6.07) is 6.88. The largest absolute Gasteiger partial charge is 0.460 e. The van der Waals surface area contributed by atoms with Crippen molar-refractivity contribution in [3.63, 3.8) is 0 Å². The molecule has 1 saturated heterocycles. The SMILES string of the molecule is O=C(CNC1CCS(=O)(=O)C1)OCc1ccc(Cl)cc1. The summed E-state index contributed by atoms with van der Waals surface area (Å²) in [7, 11) is -2.93. The van der Waals surface area contributed by atoms with Gasteiger partial charge in [-0.05, 0) is 24.1 Å². The second kappa shape index (κ2) is 6.56.